The average Bonchev–Trinajstić information content (AvgIpc) is 3.20. The molecule has 1 saturated heterocycles. The molecule has 2 heterocycles. The predicted molar refractivity (Wildman–Crippen MR) is 95.0 cm³/mol. The molecule has 122 valence electrons. The van der Waals surface area contributed by atoms with E-state index in [9.17, 15) is 4.79 Å². The van der Waals surface area contributed by atoms with Crippen LogP contribution in [0.1, 0.15) is 18.4 Å². The molecule has 1 unspecified atom stereocenters. The molecule has 0 N–H and O–H groups in total. The Bertz CT molecular complexity index is 661. The largest absolute Gasteiger partial charge is 0.311 e. The van der Waals surface area contributed by atoms with Gasteiger partial charge in [0.15, 0.2) is 4.34 Å². The lowest BCUT2D eigenvalue weighted by Crippen LogP contribution is -2.41. The molecule has 1 atom stereocenters. The number of nitrogens with zero attached hydrogens (tertiary/aromatic N) is 4. The molecule has 0 bridgehead atoms. The summed E-state index contributed by atoms with van der Waals surface area (Å²) in [5.74, 6) is 0.188. The molecule has 1 aromatic heterocycles. The average molecular weight is 348 g/mol. The van der Waals surface area contributed by atoms with Crippen molar-refractivity contribution in [2.45, 2.75) is 30.3 Å². The first-order valence-electron chi connectivity index (χ1n) is 7.69. The maximum Gasteiger partial charge on any atom is 0.244 e. The number of carbonyl (C=O) groups is 1. The van der Waals surface area contributed by atoms with Gasteiger partial charge in [0.25, 0.3) is 0 Å². The summed E-state index contributed by atoms with van der Waals surface area (Å²) in [5.41, 5.74) is 0.983. The Morgan fingerprint density at radius 2 is 2.13 bits per heavy atom. The number of amides is 1. The first kappa shape index (κ1) is 16.4. The van der Waals surface area contributed by atoms with Crippen LogP contribution in [-0.4, -0.2) is 46.4 Å². The van der Waals surface area contributed by atoms with E-state index in [0.29, 0.717) is 6.54 Å². The highest BCUT2D eigenvalue weighted by molar-refractivity contribution is 8.00. The number of likely N-dealkylation sites (N-methyl/N-ethyl adjacent to an activating group) is 1. The smallest absolute Gasteiger partial charge is 0.244 e. The third-order valence-electron chi connectivity index (χ3n) is 4.05. The van der Waals surface area contributed by atoms with Crippen molar-refractivity contribution in [1.82, 2.24) is 15.1 Å². The minimum absolute atomic E-state index is 0.0677. The number of thioether (sulfide) groups is 1. The normalized spacial score (nSPS) is 18.1. The summed E-state index contributed by atoms with van der Waals surface area (Å²) in [6.45, 7) is 4.38. The van der Waals surface area contributed by atoms with Crippen LogP contribution in [0.15, 0.2) is 34.7 Å². The highest BCUT2D eigenvalue weighted by Crippen LogP contribution is 2.26. The molecule has 2 aromatic rings. The van der Waals surface area contributed by atoms with Crippen LogP contribution < -0.4 is 4.90 Å². The van der Waals surface area contributed by atoms with E-state index < -0.39 is 0 Å². The monoisotopic (exact) mass is 348 g/mol. The van der Waals surface area contributed by atoms with Crippen LogP contribution in [0.5, 0.6) is 0 Å². The van der Waals surface area contributed by atoms with E-state index in [1.165, 1.54) is 0 Å². The van der Waals surface area contributed by atoms with E-state index in [4.69, 9.17) is 0 Å². The molecule has 0 saturated carbocycles. The van der Waals surface area contributed by atoms with E-state index >= 15 is 0 Å². The number of anilines is 1. The van der Waals surface area contributed by atoms with Crippen LogP contribution in [-0.2, 0) is 11.3 Å². The standard InChI is InChI=1S/C16H20N4OS2/c1-3-19(11-14-17-18-16(22-2)23-14)13-9-10-20(15(13)21)12-7-5-4-6-8-12/h4-8,13H,3,9-11H2,1-2H3. The van der Waals surface area contributed by atoms with Crippen LogP contribution in [0.4, 0.5) is 5.69 Å². The van der Waals surface area contributed by atoms with E-state index in [-0.39, 0.29) is 11.9 Å². The molecule has 1 aliphatic heterocycles. The maximum absolute atomic E-state index is 12.8. The summed E-state index contributed by atoms with van der Waals surface area (Å²) in [6.07, 6.45) is 2.86. The summed E-state index contributed by atoms with van der Waals surface area (Å²) >= 11 is 3.21. The highest BCUT2D eigenvalue weighted by Gasteiger charge is 2.36. The Balaban J connectivity index is 1.71. The van der Waals surface area contributed by atoms with Gasteiger partial charge in [-0.1, -0.05) is 48.2 Å². The molecular weight excluding hydrogens is 328 g/mol. The highest BCUT2D eigenvalue weighted by atomic mass is 32.2. The summed E-state index contributed by atoms with van der Waals surface area (Å²) in [4.78, 5) is 16.9. The Kier molecular flexibility index (Phi) is 5.30. The lowest BCUT2D eigenvalue weighted by atomic mass is 10.2. The summed E-state index contributed by atoms with van der Waals surface area (Å²) in [6, 6.07) is 9.83. The number of hydrogen-bond acceptors (Lipinski definition) is 6. The van der Waals surface area contributed by atoms with Crippen LogP contribution in [0.3, 0.4) is 0 Å². The fourth-order valence-electron chi connectivity index (χ4n) is 2.87. The number of carbonyl (C=O) groups excluding carboxylic acids is 1. The second kappa shape index (κ2) is 7.42. The third kappa shape index (κ3) is 3.57. The first-order chi connectivity index (χ1) is 11.2. The van der Waals surface area contributed by atoms with Crippen molar-refractivity contribution >= 4 is 34.7 Å². The number of benzene rings is 1. The van der Waals surface area contributed by atoms with Gasteiger partial charge in [-0.25, -0.2) is 0 Å². The fraction of sp³-hybridized carbons (Fsp3) is 0.438. The van der Waals surface area contributed by atoms with Gasteiger partial charge in [-0.05, 0) is 31.4 Å². The SMILES string of the molecule is CCN(Cc1nnc(SC)s1)C1CCN(c2ccccc2)C1=O. The van der Waals surface area contributed by atoms with Crippen molar-refractivity contribution in [3.8, 4) is 0 Å². The van der Waals surface area contributed by atoms with Crippen molar-refractivity contribution in [2.75, 3.05) is 24.2 Å². The quantitative estimate of drug-likeness (QED) is 0.751. The second-order valence-electron chi connectivity index (χ2n) is 5.36. The Morgan fingerprint density at radius 1 is 1.35 bits per heavy atom. The molecule has 7 heteroatoms. The van der Waals surface area contributed by atoms with Gasteiger partial charge in [-0.15, -0.1) is 10.2 Å². The van der Waals surface area contributed by atoms with E-state index in [1.54, 1.807) is 23.1 Å². The first-order valence-corrected chi connectivity index (χ1v) is 9.74. The van der Waals surface area contributed by atoms with Gasteiger partial charge in [0.2, 0.25) is 5.91 Å². The van der Waals surface area contributed by atoms with Gasteiger partial charge in [-0.2, -0.15) is 0 Å². The lowest BCUT2D eigenvalue weighted by Gasteiger charge is -2.25. The van der Waals surface area contributed by atoms with Crippen LogP contribution in [0.2, 0.25) is 0 Å². The topological polar surface area (TPSA) is 49.3 Å². The third-order valence-corrected chi connectivity index (χ3v) is 5.94. The lowest BCUT2D eigenvalue weighted by molar-refractivity contribution is -0.121. The minimum atomic E-state index is -0.0677. The van der Waals surface area contributed by atoms with Crippen LogP contribution in [0.25, 0.3) is 0 Å². The van der Waals surface area contributed by atoms with Gasteiger partial charge < -0.3 is 4.90 Å². The molecular formula is C16H20N4OS2. The molecule has 0 aliphatic carbocycles. The van der Waals surface area contributed by atoms with Crippen molar-refractivity contribution in [1.29, 1.82) is 0 Å². The Labute approximate surface area is 144 Å². The fourth-order valence-corrected chi connectivity index (χ4v) is 4.21. The van der Waals surface area contributed by atoms with Crippen molar-refractivity contribution in [2.24, 2.45) is 0 Å². The number of hydrogen-bond donors (Lipinski definition) is 0. The van der Waals surface area contributed by atoms with Crippen LogP contribution >= 0.6 is 23.1 Å². The van der Waals surface area contributed by atoms with Gasteiger partial charge in [0.1, 0.15) is 5.01 Å². The van der Waals surface area contributed by atoms with E-state index in [2.05, 4.69) is 22.0 Å². The Morgan fingerprint density at radius 3 is 2.78 bits per heavy atom. The number of para-hydroxylation sites is 1. The zero-order chi connectivity index (χ0) is 16.2. The van der Waals surface area contributed by atoms with Gasteiger partial charge in [0.05, 0.1) is 12.6 Å². The molecule has 1 aliphatic rings. The van der Waals surface area contributed by atoms with Crippen molar-refractivity contribution in [3.63, 3.8) is 0 Å². The predicted octanol–water partition coefficient (Wildman–Crippen LogP) is 2.89. The summed E-state index contributed by atoms with van der Waals surface area (Å²) in [5, 5.41) is 9.34. The number of aromatic nitrogens is 2. The second-order valence-corrected chi connectivity index (χ2v) is 7.47. The summed E-state index contributed by atoms with van der Waals surface area (Å²) in [7, 11) is 0. The van der Waals surface area contributed by atoms with Gasteiger partial charge in [-0.3, -0.25) is 9.69 Å². The molecule has 23 heavy (non-hydrogen) atoms. The number of rotatable bonds is 6. The van der Waals surface area contributed by atoms with Crippen LogP contribution in [0, 0.1) is 0 Å². The van der Waals surface area contributed by atoms with Gasteiger partial charge >= 0.3 is 0 Å². The molecule has 5 nitrogen and oxygen atoms in total. The van der Waals surface area contributed by atoms with E-state index in [1.807, 2.05) is 41.5 Å². The Hall–Kier alpha value is -1.44. The molecule has 0 radical (unpaired) electrons. The molecule has 1 fully saturated rings. The molecule has 0 spiro atoms. The zero-order valence-electron chi connectivity index (χ0n) is 13.3. The molecule has 1 amide bonds. The van der Waals surface area contributed by atoms with Gasteiger partial charge in [0, 0.05) is 12.2 Å². The molecule has 3 rings (SSSR count). The zero-order valence-corrected chi connectivity index (χ0v) is 14.9. The maximum atomic E-state index is 12.8. The molecule has 1 aromatic carbocycles. The van der Waals surface area contributed by atoms with Crippen molar-refractivity contribution in [3.05, 3.63) is 35.3 Å². The minimum Gasteiger partial charge on any atom is -0.311 e. The summed E-state index contributed by atoms with van der Waals surface area (Å²) < 4.78 is 0.972. The van der Waals surface area contributed by atoms with Crippen molar-refractivity contribution < 1.29 is 4.79 Å². The van der Waals surface area contributed by atoms with E-state index in [0.717, 1.165) is 34.5 Å².